The number of ether oxygens (including phenoxy) is 1. The largest absolute Gasteiger partial charge is 0.494 e. The number of carbonyl (C=O) groups is 1. The minimum Gasteiger partial charge on any atom is -0.494 e. The van der Waals surface area contributed by atoms with Gasteiger partial charge in [0.05, 0.1) is 6.61 Å². The second kappa shape index (κ2) is 10.2. The molecule has 0 aliphatic carbocycles. The number of piperidine rings is 1. The van der Waals surface area contributed by atoms with Crippen LogP contribution in [0.15, 0.2) is 60.7 Å². The molecule has 0 unspecified atom stereocenters. The van der Waals surface area contributed by atoms with Crippen molar-refractivity contribution < 1.29 is 9.53 Å². The lowest BCUT2D eigenvalue weighted by atomic mass is 9.95. The molecule has 1 fully saturated rings. The molecule has 1 aliphatic rings. The average molecular weight is 423 g/mol. The number of benzene rings is 2. The minimum absolute atomic E-state index is 0.0246. The predicted octanol–water partition coefficient (Wildman–Crippen LogP) is 4.40. The maximum absolute atomic E-state index is 12.6. The van der Waals surface area contributed by atoms with Crippen molar-refractivity contribution in [1.82, 2.24) is 10.2 Å². The molecule has 4 rings (SSSR count). The van der Waals surface area contributed by atoms with Gasteiger partial charge in [0.2, 0.25) is 11.0 Å². The van der Waals surface area contributed by atoms with Gasteiger partial charge in [0.1, 0.15) is 10.8 Å². The molecule has 0 bridgehead atoms. The fourth-order valence-corrected chi connectivity index (χ4v) is 4.37. The van der Waals surface area contributed by atoms with Gasteiger partial charge >= 0.3 is 0 Å². The molecule has 1 aromatic heterocycles. The number of hydrogen-bond acceptors (Lipinski definition) is 6. The van der Waals surface area contributed by atoms with Gasteiger partial charge in [-0.05, 0) is 43.5 Å². The highest BCUT2D eigenvalue weighted by atomic mass is 32.1. The summed E-state index contributed by atoms with van der Waals surface area (Å²) in [6, 6.07) is 20.1. The summed E-state index contributed by atoms with van der Waals surface area (Å²) in [5.41, 5.74) is 1.22. The highest BCUT2D eigenvalue weighted by Crippen LogP contribution is 2.25. The molecule has 0 atom stereocenters. The number of nitrogens with zero attached hydrogens (tertiary/aromatic N) is 3. The Hall–Kier alpha value is -2.93. The Labute approximate surface area is 180 Å². The van der Waals surface area contributed by atoms with Crippen molar-refractivity contribution in [2.75, 3.05) is 29.9 Å². The van der Waals surface area contributed by atoms with Crippen LogP contribution >= 0.6 is 11.3 Å². The van der Waals surface area contributed by atoms with E-state index in [1.165, 1.54) is 17.0 Å². The summed E-state index contributed by atoms with van der Waals surface area (Å²) in [6.45, 7) is 2.42. The van der Waals surface area contributed by atoms with Crippen LogP contribution in [0.4, 0.5) is 10.8 Å². The second-order valence-corrected chi connectivity index (χ2v) is 8.41. The SMILES string of the molecule is O=C(Nc1nnc(CCCOc2ccccc2)s1)C1CCN(c2ccccc2)CC1. The quantitative estimate of drug-likeness (QED) is 0.545. The van der Waals surface area contributed by atoms with Gasteiger partial charge in [-0.3, -0.25) is 4.79 Å². The molecule has 2 heterocycles. The third-order valence-corrected chi connectivity index (χ3v) is 6.13. The molecule has 2 aromatic carbocycles. The summed E-state index contributed by atoms with van der Waals surface area (Å²) >= 11 is 1.45. The highest BCUT2D eigenvalue weighted by molar-refractivity contribution is 7.15. The van der Waals surface area contributed by atoms with Crippen LogP contribution in [-0.2, 0) is 11.2 Å². The maximum Gasteiger partial charge on any atom is 0.229 e. The summed E-state index contributed by atoms with van der Waals surface area (Å²) < 4.78 is 5.70. The number of aromatic nitrogens is 2. The van der Waals surface area contributed by atoms with E-state index in [4.69, 9.17) is 4.74 Å². The van der Waals surface area contributed by atoms with Crippen LogP contribution in [0.1, 0.15) is 24.3 Å². The van der Waals surface area contributed by atoms with Crippen molar-refractivity contribution in [1.29, 1.82) is 0 Å². The third kappa shape index (κ3) is 5.57. The maximum atomic E-state index is 12.6. The topological polar surface area (TPSA) is 67.3 Å². The summed E-state index contributed by atoms with van der Waals surface area (Å²) in [5, 5.41) is 12.8. The smallest absolute Gasteiger partial charge is 0.229 e. The number of hydrogen-bond donors (Lipinski definition) is 1. The van der Waals surface area contributed by atoms with E-state index < -0.39 is 0 Å². The molecule has 7 heteroatoms. The summed E-state index contributed by atoms with van der Waals surface area (Å²) in [7, 11) is 0. The first-order valence-electron chi connectivity index (χ1n) is 10.4. The Balaban J connectivity index is 1.19. The van der Waals surface area contributed by atoms with Crippen LogP contribution in [0.3, 0.4) is 0 Å². The van der Waals surface area contributed by atoms with Crippen molar-refractivity contribution in [2.24, 2.45) is 5.92 Å². The van der Waals surface area contributed by atoms with Crippen molar-refractivity contribution >= 4 is 28.1 Å². The van der Waals surface area contributed by atoms with Gasteiger partial charge < -0.3 is 15.0 Å². The van der Waals surface area contributed by atoms with Crippen molar-refractivity contribution in [3.05, 3.63) is 65.7 Å². The number of anilines is 2. The third-order valence-electron chi connectivity index (χ3n) is 5.23. The molecule has 0 saturated carbocycles. The van der Waals surface area contributed by atoms with Crippen LogP contribution < -0.4 is 15.0 Å². The lowest BCUT2D eigenvalue weighted by Crippen LogP contribution is -2.38. The van der Waals surface area contributed by atoms with Gasteiger partial charge in [0.15, 0.2) is 0 Å². The summed E-state index contributed by atoms with van der Waals surface area (Å²) in [5.74, 6) is 0.954. The molecule has 1 N–H and O–H groups in total. The normalized spacial score (nSPS) is 14.5. The van der Waals surface area contributed by atoms with Crippen LogP contribution in [0, 0.1) is 5.92 Å². The number of amides is 1. The van der Waals surface area contributed by atoms with Crippen molar-refractivity contribution in [2.45, 2.75) is 25.7 Å². The van der Waals surface area contributed by atoms with E-state index in [1.54, 1.807) is 0 Å². The molecule has 0 radical (unpaired) electrons. The zero-order valence-corrected chi connectivity index (χ0v) is 17.7. The minimum atomic E-state index is 0.0246. The van der Waals surface area contributed by atoms with Gasteiger partial charge in [0.25, 0.3) is 0 Å². The number of para-hydroxylation sites is 2. The number of nitrogens with one attached hydrogen (secondary N) is 1. The summed E-state index contributed by atoms with van der Waals surface area (Å²) in [4.78, 5) is 15.0. The molecular formula is C23H26N4O2S. The van der Waals surface area contributed by atoms with E-state index in [9.17, 15) is 4.79 Å². The Morgan fingerprint density at radius 2 is 1.73 bits per heavy atom. The van der Waals surface area contributed by atoms with Gasteiger partial charge in [-0.2, -0.15) is 0 Å². The number of rotatable bonds is 8. The monoisotopic (exact) mass is 422 g/mol. The molecule has 1 amide bonds. The molecule has 30 heavy (non-hydrogen) atoms. The van der Waals surface area contributed by atoms with Gasteiger partial charge in [-0.15, -0.1) is 10.2 Å². The van der Waals surface area contributed by atoms with E-state index in [-0.39, 0.29) is 11.8 Å². The molecule has 1 saturated heterocycles. The Morgan fingerprint density at radius 1 is 1.03 bits per heavy atom. The Kier molecular flexibility index (Phi) is 6.92. The van der Waals surface area contributed by atoms with Crippen LogP contribution in [0.2, 0.25) is 0 Å². The number of aryl methyl sites for hydroxylation is 1. The second-order valence-electron chi connectivity index (χ2n) is 7.35. The van der Waals surface area contributed by atoms with Gasteiger partial charge in [0, 0.05) is 31.1 Å². The summed E-state index contributed by atoms with van der Waals surface area (Å²) in [6.07, 6.45) is 3.34. The van der Waals surface area contributed by atoms with Gasteiger partial charge in [-0.25, -0.2) is 0 Å². The first-order valence-corrected chi connectivity index (χ1v) is 11.2. The van der Waals surface area contributed by atoms with Crippen molar-refractivity contribution in [3.63, 3.8) is 0 Å². The lowest BCUT2D eigenvalue weighted by Gasteiger charge is -2.32. The van der Waals surface area contributed by atoms with E-state index in [0.717, 1.165) is 49.5 Å². The van der Waals surface area contributed by atoms with E-state index in [2.05, 4.69) is 44.7 Å². The zero-order valence-electron chi connectivity index (χ0n) is 16.9. The first kappa shape index (κ1) is 20.3. The van der Waals surface area contributed by atoms with Crippen LogP contribution in [-0.4, -0.2) is 35.8 Å². The molecule has 156 valence electrons. The molecule has 6 nitrogen and oxygen atoms in total. The van der Waals surface area contributed by atoms with Crippen LogP contribution in [0.5, 0.6) is 5.75 Å². The Morgan fingerprint density at radius 3 is 2.47 bits per heavy atom. The number of carbonyl (C=O) groups excluding carboxylic acids is 1. The fourth-order valence-electron chi connectivity index (χ4n) is 3.58. The first-order chi connectivity index (χ1) is 14.8. The standard InChI is InChI=1S/C23H26N4O2S/c28-22(18-13-15-27(16-14-18)19-8-3-1-4-9-19)24-23-26-25-21(30-23)12-7-17-29-20-10-5-2-6-11-20/h1-6,8-11,18H,7,12-17H2,(H,24,26,28). The molecule has 0 spiro atoms. The zero-order chi connectivity index (χ0) is 20.6. The average Bonchev–Trinajstić information content (AvgIpc) is 3.25. The molecular weight excluding hydrogens is 396 g/mol. The highest BCUT2D eigenvalue weighted by Gasteiger charge is 2.25. The van der Waals surface area contributed by atoms with Crippen molar-refractivity contribution in [3.8, 4) is 5.75 Å². The van der Waals surface area contributed by atoms with E-state index in [0.29, 0.717) is 11.7 Å². The van der Waals surface area contributed by atoms with Crippen LogP contribution in [0.25, 0.3) is 0 Å². The van der Waals surface area contributed by atoms with E-state index >= 15 is 0 Å². The lowest BCUT2D eigenvalue weighted by molar-refractivity contribution is -0.120. The fraction of sp³-hybridized carbons (Fsp3) is 0.348. The Bertz CT molecular complexity index is 925. The molecule has 3 aromatic rings. The van der Waals surface area contributed by atoms with Gasteiger partial charge in [-0.1, -0.05) is 47.7 Å². The molecule has 1 aliphatic heterocycles. The van der Waals surface area contributed by atoms with E-state index in [1.807, 2.05) is 36.4 Å². The predicted molar refractivity (Wildman–Crippen MR) is 120 cm³/mol.